The molecule has 3 aromatic carbocycles. The predicted octanol–water partition coefficient (Wildman–Crippen LogP) is 4.24. The first-order valence-corrected chi connectivity index (χ1v) is 11.9. The lowest BCUT2D eigenvalue weighted by atomic mass is 10.1. The molecule has 1 aliphatic rings. The molecule has 0 unspecified atom stereocenters. The average Bonchev–Trinajstić information content (AvgIpc) is 2.89. The third-order valence-electron chi connectivity index (χ3n) is 6.15. The highest BCUT2D eigenvalue weighted by atomic mass is 19.1. The van der Waals surface area contributed by atoms with Crippen LogP contribution in [0.4, 0.5) is 10.1 Å². The molecule has 3 aromatic rings. The molecule has 0 spiro atoms. The van der Waals surface area contributed by atoms with Crippen LogP contribution >= 0.6 is 0 Å². The molecule has 182 valence electrons. The van der Waals surface area contributed by atoms with Crippen molar-refractivity contribution in [3.05, 3.63) is 95.3 Å². The largest absolute Gasteiger partial charge is 0.496 e. The Kier molecular flexibility index (Phi) is 8.46. The molecular formula is C28H31FN4O2. The molecule has 0 atom stereocenters. The molecule has 7 heteroatoms. The van der Waals surface area contributed by atoms with Crippen molar-refractivity contribution in [3.8, 4) is 5.75 Å². The number of carbonyl (C=O) groups is 1. The zero-order valence-electron chi connectivity index (χ0n) is 20.0. The Morgan fingerprint density at radius 3 is 2.49 bits per heavy atom. The van der Waals surface area contributed by atoms with Crippen molar-refractivity contribution in [1.82, 2.24) is 10.3 Å². The van der Waals surface area contributed by atoms with Gasteiger partial charge in [0.1, 0.15) is 11.6 Å². The van der Waals surface area contributed by atoms with E-state index in [4.69, 9.17) is 4.74 Å². The van der Waals surface area contributed by atoms with Crippen LogP contribution in [0.25, 0.3) is 0 Å². The topological polar surface area (TPSA) is 57.2 Å². The van der Waals surface area contributed by atoms with Gasteiger partial charge in [0.05, 0.1) is 13.3 Å². The number of nitrogens with one attached hydrogen (secondary N) is 1. The van der Waals surface area contributed by atoms with Crippen LogP contribution in [0.3, 0.4) is 0 Å². The molecule has 1 aliphatic heterocycles. The number of anilines is 1. The van der Waals surface area contributed by atoms with Crippen molar-refractivity contribution in [1.29, 1.82) is 0 Å². The molecule has 1 heterocycles. The number of amides is 1. The summed E-state index contributed by atoms with van der Waals surface area (Å²) in [5.74, 6) is 0.502. The molecule has 35 heavy (non-hydrogen) atoms. The summed E-state index contributed by atoms with van der Waals surface area (Å²) in [6.07, 6.45) is 2.73. The summed E-state index contributed by atoms with van der Waals surface area (Å²) in [5, 5.41) is 4.13. The highest BCUT2D eigenvalue weighted by molar-refractivity contribution is 5.83. The van der Waals surface area contributed by atoms with Crippen molar-refractivity contribution in [2.45, 2.75) is 19.4 Å². The van der Waals surface area contributed by atoms with Gasteiger partial charge >= 0.3 is 0 Å². The van der Waals surface area contributed by atoms with E-state index < -0.39 is 0 Å². The van der Waals surface area contributed by atoms with Gasteiger partial charge in [0, 0.05) is 50.4 Å². The summed E-state index contributed by atoms with van der Waals surface area (Å²) in [5.41, 5.74) is 6.76. The maximum Gasteiger partial charge on any atom is 0.240 e. The molecule has 4 rings (SSSR count). The van der Waals surface area contributed by atoms with Crippen LogP contribution in [-0.4, -0.2) is 50.3 Å². The first kappa shape index (κ1) is 24.4. The molecule has 0 saturated carbocycles. The molecule has 0 aliphatic carbocycles. The Hall–Kier alpha value is -3.71. The Morgan fingerprint density at radius 1 is 1.03 bits per heavy atom. The number of ether oxygens (including phenoxy) is 1. The zero-order valence-corrected chi connectivity index (χ0v) is 20.0. The van der Waals surface area contributed by atoms with Gasteiger partial charge in [-0.25, -0.2) is 9.82 Å². The van der Waals surface area contributed by atoms with Crippen LogP contribution in [0.1, 0.15) is 23.1 Å². The molecule has 0 radical (unpaired) electrons. The fraction of sp³-hybridized carbons (Fsp3) is 0.286. The van der Waals surface area contributed by atoms with Gasteiger partial charge in [0.2, 0.25) is 5.91 Å². The number of carbonyl (C=O) groups excluding carboxylic acids is 1. The van der Waals surface area contributed by atoms with Gasteiger partial charge in [0.15, 0.2) is 0 Å². The van der Waals surface area contributed by atoms with Crippen LogP contribution < -0.4 is 15.1 Å². The second kappa shape index (κ2) is 12.1. The lowest BCUT2D eigenvalue weighted by Crippen LogP contribution is -2.46. The lowest BCUT2D eigenvalue weighted by molar-refractivity contribution is -0.121. The number of aryl methyl sites for hydroxylation is 1. The number of hydrogen-bond acceptors (Lipinski definition) is 5. The SMILES string of the molecule is COc1ccc(/C=N\NC(=O)CCc2ccccc2)cc1CN1CCN(c2ccc(F)cc2)CC1. The quantitative estimate of drug-likeness (QED) is 0.372. The lowest BCUT2D eigenvalue weighted by Gasteiger charge is -2.36. The number of benzene rings is 3. The molecule has 1 saturated heterocycles. The van der Waals surface area contributed by atoms with Crippen molar-refractivity contribution < 1.29 is 13.9 Å². The summed E-state index contributed by atoms with van der Waals surface area (Å²) in [4.78, 5) is 16.8. The van der Waals surface area contributed by atoms with Gasteiger partial charge in [-0.3, -0.25) is 9.69 Å². The first-order valence-electron chi connectivity index (χ1n) is 11.9. The molecular weight excluding hydrogens is 443 g/mol. The van der Waals surface area contributed by atoms with E-state index >= 15 is 0 Å². The highest BCUT2D eigenvalue weighted by Gasteiger charge is 2.19. The van der Waals surface area contributed by atoms with Crippen LogP contribution in [0.5, 0.6) is 5.75 Å². The van der Waals surface area contributed by atoms with Crippen LogP contribution in [-0.2, 0) is 17.8 Å². The minimum atomic E-state index is -0.213. The van der Waals surface area contributed by atoms with Gasteiger partial charge in [0.25, 0.3) is 0 Å². The maximum atomic E-state index is 13.2. The van der Waals surface area contributed by atoms with Crippen LogP contribution in [0.2, 0.25) is 0 Å². The van der Waals surface area contributed by atoms with Crippen molar-refractivity contribution in [2.24, 2.45) is 5.10 Å². The molecule has 0 aromatic heterocycles. The number of piperazine rings is 1. The Labute approximate surface area is 206 Å². The van der Waals surface area contributed by atoms with Gasteiger partial charge in [-0.05, 0) is 60.0 Å². The van der Waals surface area contributed by atoms with E-state index in [0.717, 1.165) is 60.9 Å². The fourth-order valence-corrected chi connectivity index (χ4v) is 4.20. The van der Waals surface area contributed by atoms with Gasteiger partial charge in [-0.2, -0.15) is 5.10 Å². The number of methoxy groups -OCH3 is 1. The third-order valence-corrected chi connectivity index (χ3v) is 6.15. The third kappa shape index (κ3) is 7.13. The van der Waals surface area contributed by atoms with E-state index in [1.165, 1.54) is 12.1 Å². The number of halogens is 1. The van der Waals surface area contributed by atoms with E-state index in [0.29, 0.717) is 12.8 Å². The van der Waals surface area contributed by atoms with E-state index in [-0.39, 0.29) is 11.7 Å². The highest BCUT2D eigenvalue weighted by Crippen LogP contribution is 2.23. The molecule has 6 nitrogen and oxygen atoms in total. The number of hydrogen-bond donors (Lipinski definition) is 1. The fourth-order valence-electron chi connectivity index (χ4n) is 4.20. The van der Waals surface area contributed by atoms with Gasteiger partial charge < -0.3 is 9.64 Å². The van der Waals surface area contributed by atoms with Crippen LogP contribution in [0, 0.1) is 5.82 Å². The Bertz CT molecular complexity index is 1130. The summed E-state index contributed by atoms with van der Waals surface area (Å²) >= 11 is 0. The Morgan fingerprint density at radius 2 is 1.77 bits per heavy atom. The zero-order chi connectivity index (χ0) is 24.5. The molecule has 1 amide bonds. The molecule has 1 N–H and O–H groups in total. The van der Waals surface area contributed by atoms with Gasteiger partial charge in [-0.15, -0.1) is 0 Å². The van der Waals surface area contributed by atoms with Gasteiger partial charge in [-0.1, -0.05) is 30.3 Å². The summed E-state index contributed by atoms with van der Waals surface area (Å²) < 4.78 is 18.8. The maximum absolute atomic E-state index is 13.2. The first-order chi connectivity index (χ1) is 17.1. The summed E-state index contributed by atoms with van der Waals surface area (Å²) in [6.45, 7) is 4.31. The number of rotatable bonds is 9. The van der Waals surface area contributed by atoms with Crippen molar-refractivity contribution >= 4 is 17.8 Å². The number of nitrogens with zero attached hydrogens (tertiary/aromatic N) is 3. The van der Waals surface area contributed by atoms with Crippen molar-refractivity contribution in [3.63, 3.8) is 0 Å². The predicted molar refractivity (Wildman–Crippen MR) is 137 cm³/mol. The standard InChI is InChI=1S/C28H31FN4O2/c1-35-27-13-7-23(20-30-31-28(34)14-8-22-5-3-2-4-6-22)19-24(27)21-32-15-17-33(18-16-32)26-11-9-25(29)10-12-26/h2-7,9-13,19-20H,8,14-18,21H2,1H3,(H,31,34)/b30-20-. The smallest absolute Gasteiger partial charge is 0.240 e. The van der Waals surface area contributed by atoms with E-state index in [9.17, 15) is 9.18 Å². The summed E-state index contributed by atoms with van der Waals surface area (Å²) in [6, 6.07) is 22.5. The average molecular weight is 475 g/mol. The van der Waals surface area contributed by atoms with E-state index in [2.05, 4.69) is 20.3 Å². The van der Waals surface area contributed by atoms with Crippen molar-refractivity contribution in [2.75, 3.05) is 38.2 Å². The second-order valence-corrected chi connectivity index (χ2v) is 8.59. The molecule has 1 fully saturated rings. The summed E-state index contributed by atoms with van der Waals surface area (Å²) in [7, 11) is 1.67. The minimum absolute atomic E-state index is 0.113. The molecule has 0 bridgehead atoms. The van der Waals surface area contributed by atoms with Crippen LogP contribution in [0.15, 0.2) is 77.9 Å². The number of hydrazone groups is 1. The Balaban J connectivity index is 1.29. The minimum Gasteiger partial charge on any atom is -0.496 e. The normalized spacial score (nSPS) is 14.3. The van der Waals surface area contributed by atoms with E-state index in [1.54, 1.807) is 13.3 Å². The monoisotopic (exact) mass is 474 g/mol. The second-order valence-electron chi connectivity index (χ2n) is 8.59. The van der Waals surface area contributed by atoms with E-state index in [1.807, 2.05) is 60.7 Å².